The number of aromatic nitrogens is 2. The van der Waals surface area contributed by atoms with Gasteiger partial charge in [-0.05, 0) is 73.6 Å². The highest BCUT2D eigenvalue weighted by Gasteiger charge is 2.17. The molecular weight excluding hydrogens is 306 g/mol. The molecule has 1 fully saturated rings. The topological polar surface area (TPSA) is 37.8 Å². The molecule has 3 nitrogen and oxygen atoms in total. The molecule has 2 aromatic heterocycles. The Morgan fingerprint density at radius 2 is 1.72 bits per heavy atom. The fraction of sp³-hybridized carbons (Fsp3) is 0.273. The molecule has 1 N–H and O–H groups in total. The number of anilines is 1. The molecule has 25 heavy (non-hydrogen) atoms. The van der Waals surface area contributed by atoms with Gasteiger partial charge in [0.15, 0.2) is 0 Å². The molecule has 0 spiro atoms. The maximum absolute atomic E-state index is 4.58. The van der Waals surface area contributed by atoms with E-state index >= 15 is 0 Å². The van der Waals surface area contributed by atoms with Crippen LogP contribution in [0.2, 0.25) is 0 Å². The van der Waals surface area contributed by atoms with Crippen LogP contribution in [0.15, 0.2) is 55.0 Å². The highest BCUT2D eigenvalue weighted by Crippen LogP contribution is 2.30. The average Bonchev–Trinajstić information content (AvgIpc) is 2.59. The highest BCUT2D eigenvalue weighted by atomic mass is 15.0. The van der Waals surface area contributed by atoms with Crippen LogP contribution < -0.4 is 5.32 Å². The van der Waals surface area contributed by atoms with Gasteiger partial charge >= 0.3 is 0 Å². The minimum absolute atomic E-state index is 0.614. The number of nitrogens with zero attached hydrogens (tertiary/aromatic N) is 2. The van der Waals surface area contributed by atoms with Gasteiger partial charge in [0.25, 0.3) is 0 Å². The summed E-state index contributed by atoms with van der Waals surface area (Å²) in [6.45, 7) is 4.29. The van der Waals surface area contributed by atoms with E-state index in [-0.39, 0.29) is 0 Å². The van der Waals surface area contributed by atoms with Gasteiger partial charge in [0.05, 0.1) is 0 Å². The van der Waals surface area contributed by atoms with Crippen molar-refractivity contribution >= 4 is 5.82 Å². The smallest absolute Gasteiger partial charge is 0.126 e. The summed E-state index contributed by atoms with van der Waals surface area (Å²) in [5.41, 5.74) is 7.29. The molecule has 4 rings (SSSR count). The Bertz CT molecular complexity index is 880. The number of pyridine rings is 2. The zero-order chi connectivity index (χ0) is 17.2. The maximum Gasteiger partial charge on any atom is 0.126 e. The van der Waals surface area contributed by atoms with Crippen molar-refractivity contribution in [3.8, 4) is 22.3 Å². The Balaban J connectivity index is 1.59. The Kier molecular flexibility index (Phi) is 4.22. The second-order valence-electron chi connectivity index (χ2n) is 6.92. The zero-order valence-electron chi connectivity index (χ0n) is 14.8. The SMILES string of the molecule is Cc1cc(-c2ccc(NC3CCC3)nc2)ccc1-c1cnccc1C. The molecule has 0 radical (unpaired) electrons. The third-order valence-electron chi connectivity index (χ3n) is 5.11. The number of aryl methyl sites for hydroxylation is 2. The molecule has 0 unspecified atom stereocenters. The maximum atomic E-state index is 4.58. The third-order valence-corrected chi connectivity index (χ3v) is 5.11. The van der Waals surface area contributed by atoms with Crippen LogP contribution in [0, 0.1) is 13.8 Å². The van der Waals surface area contributed by atoms with Crippen LogP contribution in [-0.2, 0) is 0 Å². The van der Waals surface area contributed by atoms with Gasteiger partial charge in [0.2, 0.25) is 0 Å². The number of hydrogen-bond donors (Lipinski definition) is 1. The van der Waals surface area contributed by atoms with Gasteiger partial charge in [-0.2, -0.15) is 0 Å². The third kappa shape index (κ3) is 3.27. The van der Waals surface area contributed by atoms with E-state index in [1.165, 1.54) is 47.1 Å². The van der Waals surface area contributed by atoms with Crippen LogP contribution in [0.5, 0.6) is 0 Å². The van der Waals surface area contributed by atoms with Crippen LogP contribution in [0.4, 0.5) is 5.82 Å². The summed E-state index contributed by atoms with van der Waals surface area (Å²) in [5.74, 6) is 0.979. The van der Waals surface area contributed by atoms with E-state index < -0.39 is 0 Å². The molecule has 0 saturated heterocycles. The van der Waals surface area contributed by atoms with Crippen LogP contribution in [0.3, 0.4) is 0 Å². The molecule has 1 aliphatic carbocycles. The summed E-state index contributed by atoms with van der Waals surface area (Å²) in [5, 5.41) is 3.49. The van der Waals surface area contributed by atoms with E-state index in [0.29, 0.717) is 6.04 Å². The van der Waals surface area contributed by atoms with Crippen molar-refractivity contribution in [2.45, 2.75) is 39.2 Å². The molecule has 126 valence electrons. The molecule has 0 aliphatic heterocycles. The lowest BCUT2D eigenvalue weighted by Crippen LogP contribution is -2.27. The van der Waals surface area contributed by atoms with Crippen molar-refractivity contribution in [3.63, 3.8) is 0 Å². The van der Waals surface area contributed by atoms with Crippen LogP contribution in [0.1, 0.15) is 30.4 Å². The fourth-order valence-electron chi connectivity index (χ4n) is 3.30. The summed E-state index contributed by atoms with van der Waals surface area (Å²) in [6, 6.07) is 13.5. The van der Waals surface area contributed by atoms with Crippen molar-refractivity contribution < 1.29 is 0 Å². The van der Waals surface area contributed by atoms with Gasteiger partial charge in [0.1, 0.15) is 5.82 Å². The van der Waals surface area contributed by atoms with Gasteiger partial charge in [-0.1, -0.05) is 18.2 Å². The van der Waals surface area contributed by atoms with E-state index in [4.69, 9.17) is 0 Å². The van der Waals surface area contributed by atoms with Crippen LogP contribution >= 0.6 is 0 Å². The standard InChI is InChI=1S/C22H23N3/c1-15-10-11-23-14-21(15)20-8-6-17(12-16(20)2)18-7-9-22(24-13-18)25-19-4-3-5-19/h6-14,19H,3-5H2,1-2H3,(H,24,25). The molecular formula is C22H23N3. The van der Waals surface area contributed by atoms with E-state index in [1.54, 1.807) is 0 Å². The van der Waals surface area contributed by atoms with Crippen LogP contribution in [0.25, 0.3) is 22.3 Å². The second-order valence-corrected chi connectivity index (χ2v) is 6.92. The summed E-state index contributed by atoms with van der Waals surface area (Å²) in [4.78, 5) is 8.85. The number of rotatable bonds is 4. The van der Waals surface area contributed by atoms with E-state index in [2.05, 4.69) is 65.5 Å². The lowest BCUT2D eigenvalue weighted by atomic mass is 9.93. The predicted molar refractivity (Wildman–Crippen MR) is 104 cm³/mol. The first-order chi connectivity index (χ1) is 12.2. The Labute approximate surface area is 149 Å². The minimum atomic E-state index is 0.614. The highest BCUT2D eigenvalue weighted by molar-refractivity contribution is 5.74. The molecule has 0 amide bonds. The van der Waals surface area contributed by atoms with Crippen molar-refractivity contribution in [3.05, 3.63) is 66.1 Å². The van der Waals surface area contributed by atoms with Gasteiger partial charge in [-0.15, -0.1) is 0 Å². The molecule has 0 atom stereocenters. The summed E-state index contributed by atoms with van der Waals surface area (Å²) in [6.07, 6.45) is 9.60. The second kappa shape index (κ2) is 6.67. The van der Waals surface area contributed by atoms with Crippen molar-refractivity contribution in [2.24, 2.45) is 0 Å². The van der Waals surface area contributed by atoms with Crippen molar-refractivity contribution in [1.29, 1.82) is 0 Å². The first kappa shape index (κ1) is 15.8. The summed E-state index contributed by atoms with van der Waals surface area (Å²) < 4.78 is 0. The molecule has 1 saturated carbocycles. The first-order valence-electron chi connectivity index (χ1n) is 8.95. The minimum Gasteiger partial charge on any atom is -0.367 e. The fourth-order valence-corrected chi connectivity index (χ4v) is 3.30. The Morgan fingerprint density at radius 3 is 2.36 bits per heavy atom. The van der Waals surface area contributed by atoms with E-state index in [0.717, 1.165) is 11.4 Å². The van der Waals surface area contributed by atoms with E-state index in [1.807, 2.05) is 18.6 Å². The first-order valence-corrected chi connectivity index (χ1v) is 8.95. The van der Waals surface area contributed by atoms with Crippen molar-refractivity contribution in [2.75, 3.05) is 5.32 Å². The summed E-state index contributed by atoms with van der Waals surface area (Å²) in [7, 11) is 0. The quantitative estimate of drug-likeness (QED) is 0.697. The van der Waals surface area contributed by atoms with E-state index in [9.17, 15) is 0 Å². The zero-order valence-corrected chi connectivity index (χ0v) is 14.8. The molecule has 1 aliphatic rings. The van der Waals surface area contributed by atoms with Gasteiger partial charge < -0.3 is 5.32 Å². The molecule has 1 aromatic carbocycles. The Morgan fingerprint density at radius 1 is 0.880 bits per heavy atom. The number of nitrogens with one attached hydrogen (secondary N) is 1. The monoisotopic (exact) mass is 329 g/mol. The number of benzene rings is 1. The Hall–Kier alpha value is -2.68. The number of hydrogen-bond acceptors (Lipinski definition) is 3. The van der Waals surface area contributed by atoms with Crippen molar-refractivity contribution in [1.82, 2.24) is 9.97 Å². The average molecular weight is 329 g/mol. The predicted octanol–water partition coefficient (Wildman–Crippen LogP) is 5.39. The molecule has 3 aromatic rings. The van der Waals surface area contributed by atoms with Gasteiger partial charge in [-0.3, -0.25) is 4.98 Å². The van der Waals surface area contributed by atoms with Crippen LogP contribution in [-0.4, -0.2) is 16.0 Å². The summed E-state index contributed by atoms with van der Waals surface area (Å²) >= 11 is 0. The lowest BCUT2D eigenvalue weighted by Gasteiger charge is -2.26. The molecule has 3 heteroatoms. The molecule has 2 heterocycles. The lowest BCUT2D eigenvalue weighted by molar-refractivity contribution is 0.444. The largest absolute Gasteiger partial charge is 0.367 e. The van der Waals surface area contributed by atoms with Gasteiger partial charge in [0, 0.05) is 35.8 Å². The normalized spacial score (nSPS) is 14.2. The molecule has 0 bridgehead atoms. The van der Waals surface area contributed by atoms with Gasteiger partial charge in [-0.25, -0.2) is 4.98 Å².